The lowest BCUT2D eigenvalue weighted by Gasteiger charge is -2.20. The van der Waals surface area contributed by atoms with Crippen LogP contribution in [-0.2, 0) is 14.6 Å². The average molecular weight is 447 g/mol. The molecule has 2 aromatic rings. The first-order valence-corrected chi connectivity index (χ1v) is 10.7. The number of phenolic OH excluding ortho intramolecular Hbond substituents is 1. The molecule has 1 saturated heterocycles. The van der Waals surface area contributed by atoms with Crippen molar-refractivity contribution in [2.24, 2.45) is 0 Å². The second-order valence-electron chi connectivity index (χ2n) is 5.47. The fourth-order valence-corrected chi connectivity index (χ4v) is 5.68. The SMILES string of the molecule is O=C(Nc1nc(S(=O)(=O)C2CCOCC2)cs1)c1ccc(O)cc1Br. The number of amides is 1. The fourth-order valence-electron chi connectivity index (χ4n) is 2.46. The van der Waals surface area contributed by atoms with E-state index in [4.69, 9.17) is 4.74 Å². The molecule has 0 atom stereocenters. The first-order chi connectivity index (χ1) is 11.9. The van der Waals surface area contributed by atoms with E-state index in [9.17, 15) is 18.3 Å². The largest absolute Gasteiger partial charge is 0.508 e. The second-order valence-corrected chi connectivity index (χ2v) is 9.35. The van der Waals surface area contributed by atoms with Crippen molar-refractivity contribution in [1.82, 2.24) is 4.98 Å². The zero-order valence-corrected chi connectivity index (χ0v) is 16.2. The van der Waals surface area contributed by atoms with E-state index in [0.29, 0.717) is 36.1 Å². The molecule has 25 heavy (non-hydrogen) atoms. The predicted molar refractivity (Wildman–Crippen MR) is 96.9 cm³/mol. The van der Waals surface area contributed by atoms with Gasteiger partial charge in [-0.15, -0.1) is 11.3 Å². The number of nitrogens with one attached hydrogen (secondary N) is 1. The summed E-state index contributed by atoms with van der Waals surface area (Å²) in [5.41, 5.74) is 0.307. The molecule has 2 N–H and O–H groups in total. The summed E-state index contributed by atoms with van der Waals surface area (Å²) in [6, 6.07) is 4.25. The Morgan fingerprint density at radius 2 is 2.08 bits per heavy atom. The highest BCUT2D eigenvalue weighted by atomic mass is 79.9. The van der Waals surface area contributed by atoms with Gasteiger partial charge in [0.05, 0.1) is 10.8 Å². The molecule has 1 fully saturated rings. The summed E-state index contributed by atoms with van der Waals surface area (Å²) in [7, 11) is -3.53. The van der Waals surface area contributed by atoms with Gasteiger partial charge in [0.25, 0.3) is 5.91 Å². The summed E-state index contributed by atoms with van der Waals surface area (Å²) in [5.74, 6) is -0.418. The van der Waals surface area contributed by atoms with Gasteiger partial charge >= 0.3 is 0 Å². The number of thiazole rings is 1. The van der Waals surface area contributed by atoms with Gasteiger partial charge in [0.1, 0.15) is 5.75 Å². The van der Waals surface area contributed by atoms with Crippen LogP contribution in [0, 0.1) is 0 Å². The first-order valence-electron chi connectivity index (χ1n) is 7.45. The van der Waals surface area contributed by atoms with E-state index in [1.807, 2.05) is 0 Å². The monoisotopic (exact) mass is 446 g/mol. The van der Waals surface area contributed by atoms with Gasteiger partial charge in [0.2, 0.25) is 0 Å². The number of aromatic nitrogens is 1. The van der Waals surface area contributed by atoms with Crippen LogP contribution in [0.2, 0.25) is 0 Å². The van der Waals surface area contributed by atoms with Gasteiger partial charge < -0.3 is 9.84 Å². The van der Waals surface area contributed by atoms with Crippen LogP contribution in [0.3, 0.4) is 0 Å². The van der Waals surface area contributed by atoms with Crippen LogP contribution < -0.4 is 5.32 Å². The number of carbonyl (C=O) groups excluding carboxylic acids is 1. The molecule has 0 aliphatic carbocycles. The van der Waals surface area contributed by atoms with E-state index in [1.54, 1.807) is 0 Å². The van der Waals surface area contributed by atoms with Crippen LogP contribution in [0.25, 0.3) is 0 Å². The Balaban J connectivity index is 1.76. The molecule has 3 rings (SSSR count). The number of nitrogens with zero attached hydrogens (tertiary/aromatic N) is 1. The Morgan fingerprint density at radius 1 is 1.36 bits per heavy atom. The van der Waals surface area contributed by atoms with E-state index >= 15 is 0 Å². The summed E-state index contributed by atoms with van der Waals surface area (Å²) in [4.78, 5) is 16.3. The highest BCUT2D eigenvalue weighted by Crippen LogP contribution is 2.28. The maximum atomic E-state index is 12.6. The van der Waals surface area contributed by atoms with Crippen LogP contribution in [0.4, 0.5) is 5.13 Å². The zero-order valence-electron chi connectivity index (χ0n) is 12.9. The molecule has 1 amide bonds. The van der Waals surface area contributed by atoms with Crippen molar-refractivity contribution in [3.05, 3.63) is 33.6 Å². The molecule has 0 saturated carbocycles. The summed E-state index contributed by atoms with van der Waals surface area (Å²) in [6.45, 7) is 0.846. The van der Waals surface area contributed by atoms with E-state index in [0.717, 1.165) is 11.3 Å². The molecule has 1 aromatic heterocycles. The minimum absolute atomic E-state index is 0.0236. The van der Waals surface area contributed by atoms with Gasteiger partial charge in [-0.05, 0) is 47.0 Å². The van der Waals surface area contributed by atoms with Gasteiger partial charge in [-0.25, -0.2) is 13.4 Å². The number of hydrogen-bond donors (Lipinski definition) is 2. The predicted octanol–water partition coefficient (Wildman–Crippen LogP) is 2.82. The van der Waals surface area contributed by atoms with Gasteiger partial charge in [-0.3, -0.25) is 10.1 Å². The number of carbonyl (C=O) groups is 1. The fraction of sp³-hybridized carbons (Fsp3) is 0.333. The molecule has 2 heterocycles. The molecule has 1 aliphatic rings. The third-order valence-electron chi connectivity index (χ3n) is 3.80. The number of ether oxygens (including phenoxy) is 1. The highest BCUT2D eigenvalue weighted by Gasteiger charge is 2.31. The van der Waals surface area contributed by atoms with Crippen molar-refractivity contribution in [3.8, 4) is 5.75 Å². The zero-order chi connectivity index (χ0) is 18.0. The van der Waals surface area contributed by atoms with Crippen molar-refractivity contribution in [3.63, 3.8) is 0 Å². The number of halogens is 1. The summed E-state index contributed by atoms with van der Waals surface area (Å²) < 4.78 is 30.8. The number of rotatable bonds is 4. The summed E-state index contributed by atoms with van der Waals surface area (Å²) in [6.07, 6.45) is 0.893. The molecule has 134 valence electrons. The summed E-state index contributed by atoms with van der Waals surface area (Å²) >= 11 is 4.26. The Bertz CT molecular complexity index is 891. The Hall–Kier alpha value is -1.49. The number of hydrogen-bond acceptors (Lipinski definition) is 7. The van der Waals surface area contributed by atoms with Gasteiger partial charge in [0, 0.05) is 23.1 Å². The van der Waals surface area contributed by atoms with Crippen molar-refractivity contribution in [2.45, 2.75) is 23.1 Å². The molecule has 1 aliphatic heterocycles. The molecule has 1 aromatic carbocycles. The van der Waals surface area contributed by atoms with Crippen LogP contribution in [0.1, 0.15) is 23.2 Å². The van der Waals surface area contributed by atoms with Crippen molar-refractivity contribution < 1.29 is 23.1 Å². The van der Waals surface area contributed by atoms with Crippen LogP contribution in [-0.4, -0.2) is 42.9 Å². The molecule has 7 nitrogen and oxygen atoms in total. The van der Waals surface area contributed by atoms with Gasteiger partial charge in [-0.2, -0.15) is 0 Å². The van der Waals surface area contributed by atoms with E-state index < -0.39 is 21.0 Å². The molecular formula is C15H15BrN2O5S2. The molecule has 0 bridgehead atoms. The number of phenols is 1. The Morgan fingerprint density at radius 3 is 2.76 bits per heavy atom. The van der Waals surface area contributed by atoms with E-state index in [2.05, 4.69) is 26.2 Å². The maximum absolute atomic E-state index is 12.6. The third kappa shape index (κ3) is 4.02. The van der Waals surface area contributed by atoms with Crippen LogP contribution in [0.15, 0.2) is 33.1 Å². The minimum Gasteiger partial charge on any atom is -0.508 e. The number of benzene rings is 1. The topological polar surface area (TPSA) is 106 Å². The second kappa shape index (κ2) is 7.40. The van der Waals surface area contributed by atoms with E-state index in [1.165, 1.54) is 23.6 Å². The van der Waals surface area contributed by atoms with Gasteiger partial charge in [0.15, 0.2) is 20.0 Å². The van der Waals surface area contributed by atoms with Crippen molar-refractivity contribution in [2.75, 3.05) is 18.5 Å². The standard InChI is InChI=1S/C15H15BrN2O5S2/c16-12-7-9(19)1-2-11(12)14(20)18-15-17-13(8-24-15)25(21,22)10-3-5-23-6-4-10/h1-2,7-8,10,19H,3-6H2,(H,17,18,20). The smallest absolute Gasteiger partial charge is 0.258 e. The van der Waals surface area contributed by atoms with Crippen molar-refractivity contribution in [1.29, 1.82) is 0 Å². The van der Waals surface area contributed by atoms with E-state index in [-0.39, 0.29) is 15.9 Å². The molecule has 10 heteroatoms. The lowest BCUT2D eigenvalue weighted by molar-refractivity contribution is 0.0983. The number of anilines is 1. The quantitative estimate of drug-likeness (QED) is 0.747. The molecule has 0 spiro atoms. The maximum Gasteiger partial charge on any atom is 0.258 e. The molecule has 0 radical (unpaired) electrons. The first kappa shape index (κ1) is 18.3. The Kier molecular flexibility index (Phi) is 5.42. The normalized spacial score (nSPS) is 15.9. The Labute approximate surface area is 157 Å². The molecule has 0 unspecified atom stereocenters. The lowest BCUT2D eigenvalue weighted by atomic mass is 10.2. The number of sulfone groups is 1. The van der Waals surface area contributed by atoms with Crippen LogP contribution in [0.5, 0.6) is 5.75 Å². The van der Waals surface area contributed by atoms with Crippen LogP contribution >= 0.6 is 27.3 Å². The minimum atomic E-state index is -3.53. The van der Waals surface area contributed by atoms with Gasteiger partial charge in [-0.1, -0.05) is 0 Å². The summed E-state index contributed by atoms with van der Waals surface area (Å²) in [5, 5.41) is 13.1. The lowest BCUT2D eigenvalue weighted by Crippen LogP contribution is -2.29. The number of aromatic hydroxyl groups is 1. The highest BCUT2D eigenvalue weighted by molar-refractivity contribution is 9.10. The van der Waals surface area contributed by atoms with Crippen molar-refractivity contribution >= 4 is 48.1 Å². The average Bonchev–Trinajstić information content (AvgIpc) is 3.05. The third-order valence-corrected chi connectivity index (χ3v) is 7.50. The molecular weight excluding hydrogens is 432 g/mol.